The lowest BCUT2D eigenvalue weighted by Crippen LogP contribution is -2.11. The smallest absolute Gasteiger partial charge is 0.337 e. The largest absolute Gasteiger partial charge is 0.479 e. The number of carbonyl (C=O) groups is 2. The fraction of sp³-hybridized carbons (Fsp3) is 0.333. The summed E-state index contributed by atoms with van der Waals surface area (Å²) in [6.07, 6.45) is -0.126. The molecule has 1 aromatic carbocycles. The van der Waals surface area contributed by atoms with E-state index in [1.807, 2.05) is 0 Å². The molecule has 0 bridgehead atoms. The van der Waals surface area contributed by atoms with Gasteiger partial charge in [-0.05, 0) is 23.1 Å². The summed E-state index contributed by atoms with van der Waals surface area (Å²) in [6.45, 7) is -0.183. The van der Waals surface area contributed by atoms with E-state index in [2.05, 4.69) is 0 Å². The van der Waals surface area contributed by atoms with Gasteiger partial charge in [-0.2, -0.15) is 0 Å². The standard InChI is InChI=1S/C12H14O5/c13-5-1-2-8-6-9(11(15)12(16)17)3-4-10(8)7-14/h3-6,11,14-15H,1-2,7H2,(H,16,17). The van der Waals surface area contributed by atoms with Gasteiger partial charge in [-0.25, -0.2) is 4.79 Å². The number of hydrogen-bond donors (Lipinski definition) is 3. The van der Waals surface area contributed by atoms with Gasteiger partial charge in [0.15, 0.2) is 6.10 Å². The van der Waals surface area contributed by atoms with Crippen LogP contribution in [0.15, 0.2) is 18.2 Å². The molecule has 0 heterocycles. The predicted molar refractivity (Wildman–Crippen MR) is 59.3 cm³/mol. The van der Waals surface area contributed by atoms with Gasteiger partial charge in [0.1, 0.15) is 6.29 Å². The van der Waals surface area contributed by atoms with E-state index in [1.54, 1.807) is 6.07 Å². The van der Waals surface area contributed by atoms with Crippen molar-refractivity contribution >= 4 is 12.3 Å². The fourth-order valence-corrected chi connectivity index (χ4v) is 1.56. The number of carboxylic acids is 1. The quantitative estimate of drug-likeness (QED) is 0.625. The number of aliphatic carboxylic acids is 1. The Kier molecular flexibility index (Phi) is 4.81. The number of hydrogen-bond acceptors (Lipinski definition) is 4. The SMILES string of the molecule is O=CCCc1cc(C(O)C(=O)O)ccc1CO. The van der Waals surface area contributed by atoms with Gasteiger partial charge in [0, 0.05) is 6.42 Å². The highest BCUT2D eigenvalue weighted by Crippen LogP contribution is 2.19. The molecule has 0 spiro atoms. The molecule has 1 unspecified atom stereocenters. The van der Waals surface area contributed by atoms with E-state index < -0.39 is 12.1 Å². The average Bonchev–Trinajstić information content (AvgIpc) is 2.34. The molecule has 0 radical (unpaired) electrons. The molecular formula is C12H14O5. The lowest BCUT2D eigenvalue weighted by Gasteiger charge is -2.11. The fourth-order valence-electron chi connectivity index (χ4n) is 1.56. The van der Waals surface area contributed by atoms with E-state index in [-0.39, 0.29) is 12.2 Å². The summed E-state index contributed by atoms with van der Waals surface area (Å²) < 4.78 is 0. The Morgan fingerprint density at radius 1 is 1.35 bits per heavy atom. The average molecular weight is 238 g/mol. The number of rotatable bonds is 6. The molecule has 0 amide bonds. The number of aryl methyl sites for hydroxylation is 1. The Hall–Kier alpha value is -1.72. The summed E-state index contributed by atoms with van der Waals surface area (Å²) >= 11 is 0. The number of aldehydes is 1. The van der Waals surface area contributed by atoms with E-state index in [9.17, 15) is 14.7 Å². The maximum Gasteiger partial charge on any atom is 0.337 e. The highest BCUT2D eigenvalue weighted by atomic mass is 16.4. The van der Waals surface area contributed by atoms with Crippen LogP contribution in [0.2, 0.25) is 0 Å². The predicted octanol–water partition coefficient (Wildman–Crippen LogP) is 0.428. The van der Waals surface area contributed by atoms with Crippen LogP contribution in [0, 0.1) is 0 Å². The molecule has 0 saturated heterocycles. The molecule has 0 aliphatic heterocycles. The Morgan fingerprint density at radius 2 is 2.06 bits per heavy atom. The Morgan fingerprint density at radius 3 is 2.59 bits per heavy atom. The van der Waals surface area contributed by atoms with Gasteiger partial charge in [0.05, 0.1) is 6.61 Å². The molecule has 1 atom stereocenters. The first-order valence-electron chi connectivity index (χ1n) is 5.17. The summed E-state index contributed by atoms with van der Waals surface area (Å²) in [4.78, 5) is 20.9. The van der Waals surface area contributed by atoms with Gasteiger partial charge in [0.25, 0.3) is 0 Å². The lowest BCUT2D eigenvalue weighted by atomic mass is 9.98. The number of benzene rings is 1. The van der Waals surface area contributed by atoms with Crippen molar-refractivity contribution in [2.75, 3.05) is 0 Å². The molecule has 5 nitrogen and oxygen atoms in total. The van der Waals surface area contributed by atoms with Gasteiger partial charge < -0.3 is 20.1 Å². The van der Waals surface area contributed by atoms with Crippen molar-refractivity contribution in [3.63, 3.8) is 0 Å². The maximum absolute atomic E-state index is 10.6. The second-order valence-corrected chi connectivity index (χ2v) is 3.63. The molecule has 0 aliphatic carbocycles. The van der Waals surface area contributed by atoms with E-state index in [0.29, 0.717) is 24.0 Å². The summed E-state index contributed by atoms with van der Waals surface area (Å²) in [5.74, 6) is -1.33. The Balaban J connectivity index is 3.03. The van der Waals surface area contributed by atoms with Crippen LogP contribution in [0.5, 0.6) is 0 Å². The minimum absolute atomic E-state index is 0.183. The van der Waals surface area contributed by atoms with Gasteiger partial charge in [0.2, 0.25) is 0 Å². The molecule has 3 N–H and O–H groups in total. The topological polar surface area (TPSA) is 94.8 Å². The van der Waals surface area contributed by atoms with Crippen molar-refractivity contribution in [2.45, 2.75) is 25.6 Å². The van der Waals surface area contributed by atoms with Gasteiger partial charge in [-0.15, -0.1) is 0 Å². The van der Waals surface area contributed by atoms with Gasteiger partial charge >= 0.3 is 5.97 Å². The second-order valence-electron chi connectivity index (χ2n) is 3.63. The summed E-state index contributed by atoms with van der Waals surface area (Å²) in [7, 11) is 0. The first-order valence-corrected chi connectivity index (χ1v) is 5.17. The summed E-state index contributed by atoms with van der Waals surface area (Å²) in [5.41, 5.74) is 1.56. The molecular weight excluding hydrogens is 224 g/mol. The number of carbonyl (C=O) groups excluding carboxylic acids is 1. The van der Waals surface area contributed by atoms with Crippen LogP contribution in [-0.4, -0.2) is 27.6 Å². The number of aliphatic hydroxyl groups is 2. The van der Waals surface area contributed by atoms with Crippen LogP contribution in [-0.2, 0) is 22.6 Å². The van der Waals surface area contributed by atoms with Crippen LogP contribution in [0.3, 0.4) is 0 Å². The van der Waals surface area contributed by atoms with Crippen molar-refractivity contribution in [3.05, 3.63) is 34.9 Å². The monoisotopic (exact) mass is 238 g/mol. The highest BCUT2D eigenvalue weighted by Gasteiger charge is 2.16. The normalized spacial score (nSPS) is 12.1. The summed E-state index contributed by atoms with van der Waals surface area (Å²) in [6, 6.07) is 4.52. The third-order valence-corrected chi connectivity index (χ3v) is 2.48. The van der Waals surface area contributed by atoms with Crippen LogP contribution in [0.25, 0.3) is 0 Å². The van der Waals surface area contributed by atoms with Crippen molar-refractivity contribution in [2.24, 2.45) is 0 Å². The molecule has 0 saturated carbocycles. The first-order chi connectivity index (χ1) is 8.10. The summed E-state index contributed by atoms with van der Waals surface area (Å²) in [5, 5.41) is 27.1. The van der Waals surface area contributed by atoms with E-state index in [4.69, 9.17) is 10.2 Å². The van der Waals surface area contributed by atoms with Gasteiger partial charge in [-0.3, -0.25) is 0 Å². The first kappa shape index (κ1) is 13.3. The third-order valence-electron chi connectivity index (χ3n) is 2.48. The molecule has 17 heavy (non-hydrogen) atoms. The number of carboxylic acid groups (broad SMARTS) is 1. The third kappa shape index (κ3) is 3.37. The Labute approximate surface area is 98.3 Å². The molecule has 1 aromatic rings. The van der Waals surface area contributed by atoms with Gasteiger partial charge in [-0.1, -0.05) is 18.2 Å². The van der Waals surface area contributed by atoms with E-state index in [1.165, 1.54) is 12.1 Å². The minimum atomic E-state index is -1.59. The second kappa shape index (κ2) is 6.12. The van der Waals surface area contributed by atoms with Crippen molar-refractivity contribution in [3.8, 4) is 0 Å². The van der Waals surface area contributed by atoms with Crippen molar-refractivity contribution in [1.29, 1.82) is 0 Å². The van der Waals surface area contributed by atoms with Crippen LogP contribution < -0.4 is 0 Å². The van der Waals surface area contributed by atoms with Crippen molar-refractivity contribution in [1.82, 2.24) is 0 Å². The van der Waals surface area contributed by atoms with Crippen LogP contribution >= 0.6 is 0 Å². The van der Waals surface area contributed by atoms with E-state index in [0.717, 1.165) is 6.29 Å². The van der Waals surface area contributed by atoms with E-state index >= 15 is 0 Å². The molecule has 0 aliphatic rings. The highest BCUT2D eigenvalue weighted by molar-refractivity contribution is 5.74. The lowest BCUT2D eigenvalue weighted by molar-refractivity contribution is -0.146. The Bertz CT molecular complexity index is 413. The zero-order valence-electron chi connectivity index (χ0n) is 9.17. The zero-order valence-corrected chi connectivity index (χ0v) is 9.17. The van der Waals surface area contributed by atoms with Crippen LogP contribution in [0.4, 0.5) is 0 Å². The molecule has 0 aromatic heterocycles. The molecule has 0 fully saturated rings. The van der Waals surface area contributed by atoms with Crippen molar-refractivity contribution < 1.29 is 24.9 Å². The maximum atomic E-state index is 10.6. The minimum Gasteiger partial charge on any atom is -0.479 e. The van der Waals surface area contributed by atoms with Crippen LogP contribution in [0.1, 0.15) is 29.2 Å². The molecule has 5 heteroatoms. The zero-order chi connectivity index (χ0) is 12.8. The molecule has 1 rings (SSSR count). The number of aliphatic hydroxyl groups excluding tert-OH is 2. The molecule has 92 valence electrons.